The largest absolute Gasteiger partial charge is 0.490 e. The molecule has 1 fully saturated rings. The lowest BCUT2D eigenvalue weighted by Crippen LogP contribution is -2.47. The van der Waals surface area contributed by atoms with Gasteiger partial charge in [0.2, 0.25) is 0 Å². The van der Waals surface area contributed by atoms with Crippen LogP contribution in [0.15, 0.2) is 18.3 Å². The van der Waals surface area contributed by atoms with Crippen LogP contribution in [0.25, 0.3) is 0 Å². The third-order valence-electron chi connectivity index (χ3n) is 3.01. The normalized spacial score (nSPS) is 23.4. The number of nitrogens with zero attached hydrogens (tertiary/aromatic N) is 2. The molecule has 2 heterocycles. The number of rotatable bonds is 5. The number of aromatic nitrogens is 1. The van der Waals surface area contributed by atoms with E-state index in [0.717, 1.165) is 31.1 Å². The van der Waals surface area contributed by atoms with Gasteiger partial charge in [-0.3, -0.25) is 0 Å². The average Bonchev–Trinajstić information content (AvgIpc) is 2.44. The highest BCUT2D eigenvalue weighted by atomic mass is 35.5. The van der Waals surface area contributed by atoms with Crippen molar-refractivity contribution in [2.24, 2.45) is 0 Å². The van der Waals surface area contributed by atoms with Crippen molar-refractivity contribution in [2.45, 2.75) is 32.5 Å². The van der Waals surface area contributed by atoms with Crippen LogP contribution in [0.2, 0.25) is 0 Å². The Bertz CT molecular complexity index is 403. The minimum Gasteiger partial charge on any atom is -0.490 e. The minimum absolute atomic E-state index is 0.0476. The molecule has 2 unspecified atom stereocenters. The van der Waals surface area contributed by atoms with E-state index in [9.17, 15) is 0 Å². The molecule has 106 valence electrons. The Kier molecular flexibility index (Phi) is 5.28. The summed E-state index contributed by atoms with van der Waals surface area (Å²) < 4.78 is 11.5. The maximum absolute atomic E-state index is 5.92. The van der Waals surface area contributed by atoms with Gasteiger partial charge in [0.15, 0.2) is 11.6 Å². The second-order valence-electron chi connectivity index (χ2n) is 4.80. The van der Waals surface area contributed by atoms with Crippen LogP contribution in [0.3, 0.4) is 0 Å². The van der Waals surface area contributed by atoms with E-state index in [1.165, 1.54) is 0 Å². The highest BCUT2D eigenvalue weighted by Crippen LogP contribution is 2.28. The smallest absolute Gasteiger partial charge is 0.171 e. The Morgan fingerprint density at radius 2 is 2.37 bits per heavy atom. The Morgan fingerprint density at radius 3 is 3.11 bits per heavy atom. The van der Waals surface area contributed by atoms with E-state index >= 15 is 0 Å². The summed E-state index contributed by atoms with van der Waals surface area (Å²) in [6.07, 6.45) is 2.98. The lowest BCUT2D eigenvalue weighted by atomic mass is 10.2. The van der Waals surface area contributed by atoms with E-state index in [2.05, 4.69) is 23.7 Å². The zero-order valence-corrected chi connectivity index (χ0v) is 12.3. The highest BCUT2D eigenvalue weighted by Gasteiger charge is 2.27. The molecule has 1 saturated heterocycles. The van der Waals surface area contributed by atoms with Crippen LogP contribution < -0.4 is 9.64 Å². The molecule has 1 aliphatic heterocycles. The standard InChI is InChI=1S/C14H21ClN2O2/c1-3-7-18-13-5-4-6-16-14(13)17-9-11(2)19-12(8-15)10-17/h4-6,11-12H,3,7-10H2,1-2H3. The van der Waals surface area contributed by atoms with Crippen LogP contribution >= 0.6 is 11.6 Å². The number of ether oxygens (including phenoxy) is 2. The van der Waals surface area contributed by atoms with Crippen LogP contribution in [0.1, 0.15) is 20.3 Å². The summed E-state index contributed by atoms with van der Waals surface area (Å²) in [5, 5.41) is 0. The molecule has 2 atom stereocenters. The van der Waals surface area contributed by atoms with Crippen LogP contribution in [0, 0.1) is 0 Å². The van der Waals surface area contributed by atoms with Crippen molar-refractivity contribution >= 4 is 17.4 Å². The van der Waals surface area contributed by atoms with Crippen LogP contribution in [-0.2, 0) is 4.74 Å². The molecule has 1 aliphatic rings. The maximum atomic E-state index is 5.92. The van der Waals surface area contributed by atoms with Crippen LogP contribution in [0.4, 0.5) is 5.82 Å². The van der Waals surface area contributed by atoms with Crippen LogP contribution in [0.5, 0.6) is 5.75 Å². The lowest BCUT2D eigenvalue weighted by Gasteiger charge is -2.37. The van der Waals surface area contributed by atoms with Crippen molar-refractivity contribution in [2.75, 3.05) is 30.5 Å². The Morgan fingerprint density at radius 1 is 1.53 bits per heavy atom. The fourth-order valence-electron chi connectivity index (χ4n) is 2.25. The van der Waals surface area contributed by atoms with Crippen molar-refractivity contribution < 1.29 is 9.47 Å². The molecular formula is C14H21ClN2O2. The van der Waals surface area contributed by atoms with Crippen molar-refractivity contribution in [3.63, 3.8) is 0 Å². The van der Waals surface area contributed by atoms with Gasteiger partial charge in [-0.15, -0.1) is 11.6 Å². The van der Waals surface area contributed by atoms with E-state index in [0.29, 0.717) is 12.5 Å². The van der Waals surface area contributed by atoms with E-state index in [4.69, 9.17) is 21.1 Å². The molecular weight excluding hydrogens is 264 g/mol. The van der Waals surface area contributed by atoms with Gasteiger partial charge in [0.05, 0.1) is 24.7 Å². The summed E-state index contributed by atoms with van der Waals surface area (Å²) in [5.41, 5.74) is 0. The van der Waals surface area contributed by atoms with E-state index in [1.807, 2.05) is 12.1 Å². The second-order valence-corrected chi connectivity index (χ2v) is 5.11. The summed E-state index contributed by atoms with van der Waals surface area (Å²) in [7, 11) is 0. The minimum atomic E-state index is 0.0476. The molecule has 0 amide bonds. The van der Waals surface area contributed by atoms with E-state index in [1.54, 1.807) is 6.20 Å². The molecule has 0 saturated carbocycles. The summed E-state index contributed by atoms with van der Waals surface area (Å²) in [6, 6.07) is 3.87. The quantitative estimate of drug-likeness (QED) is 0.779. The van der Waals surface area contributed by atoms with Gasteiger partial charge in [0.1, 0.15) is 0 Å². The first-order valence-electron chi connectivity index (χ1n) is 6.78. The predicted molar refractivity (Wildman–Crippen MR) is 77.3 cm³/mol. The monoisotopic (exact) mass is 284 g/mol. The summed E-state index contributed by atoms with van der Waals surface area (Å²) in [6.45, 7) is 6.43. The summed E-state index contributed by atoms with van der Waals surface area (Å²) in [5.74, 6) is 2.23. The van der Waals surface area contributed by atoms with E-state index in [-0.39, 0.29) is 12.2 Å². The van der Waals surface area contributed by atoms with Gasteiger partial charge in [0, 0.05) is 19.3 Å². The highest BCUT2D eigenvalue weighted by molar-refractivity contribution is 6.18. The first kappa shape index (κ1) is 14.4. The fraction of sp³-hybridized carbons (Fsp3) is 0.643. The Labute approximate surface area is 119 Å². The molecule has 0 spiro atoms. The third-order valence-corrected chi connectivity index (χ3v) is 3.35. The predicted octanol–water partition coefficient (Wildman–Crippen LogP) is 2.70. The number of morpholine rings is 1. The van der Waals surface area contributed by atoms with Gasteiger partial charge in [-0.2, -0.15) is 0 Å². The number of pyridine rings is 1. The molecule has 19 heavy (non-hydrogen) atoms. The van der Waals surface area contributed by atoms with Crippen molar-refractivity contribution in [3.05, 3.63) is 18.3 Å². The third kappa shape index (κ3) is 3.74. The van der Waals surface area contributed by atoms with Crippen LogP contribution in [-0.4, -0.2) is 42.8 Å². The summed E-state index contributed by atoms with van der Waals surface area (Å²) in [4.78, 5) is 6.66. The average molecular weight is 285 g/mol. The van der Waals surface area contributed by atoms with Crippen molar-refractivity contribution in [1.29, 1.82) is 0 Å². The van der Waals surface area contributed by atoms with Crippen molar-refractivity contribution in [1.82, 2.24) is 4.98 Å². The Hall–Kier alpha value is -1.00. The number of hydrogen-bond acceptors (Lipinski definition) is 4. The number of hydrogen-bond donors (Lipinski definition) is 0. The zero-order valence-electron chi connectivity index (χ0n) is 11.5. The molecule has 1 aromatic heterocycles. The molecule has 0 radical (unpaired) electrons. The lowest BCUT2D eigenvalue weighted by molar-refractivity contribution is -0.00371. The molecule has 0 aliphatic carbocycles. The zero-order chi connectivity index (χ0) is 13.7. The topological polar surface area (TPSA) is 34.6 Å². The molecule has 0 aromatic carbocycles. The molecule has 5 heteroatoms. The molecule has 4 nitrogen and oxygen atoms in total. The summed E-state index contributed by atoms with van der Waals surface area (Å²) >= 11 is 5.92. The van der Waals surface area contributed by atoms with Gasteiger partial charge in [0.25, 0.3) is 0 Å². The maximum Gasteiger partial charge on any atom is 0.171 e. The molecule has 2 rings (SSSR count). The fourth-order valence-corrected chi connectivity index (χ4v) is 2.42. The first-order chi connectivity index (χ1) is 9.24. The first-order valence-corrected chi connectivity index (χ1v) is 7.32. The van der Waals surface area contributed by atoms with E-state index < -0.39 is 0 Å². The number of halogens is 1. The van der Waals surface area contributed by atoms with Gasteiger partial charge in [-0.05, 0) is 25.5 Å². The van der Waals surface area contributed by atoms with Gasteiger partial charge < -0.3 is 14.4 Å². The van der Waals surface area contributed by atoms with Gasteiger partial charge >= 0.3 is 0 Å². The molecule has 1 aromatic rings. The van der Waals surface area contributed by atoms with Gasteiger partial charge in [-0.25, -0.2) is 4.98 Å². The van der Waals surface area contributed by atoms with Crippen molar-refractivity contribution in [3.8, 4) is 5.75 Å². The second kappa shape index (κ2) is 6.96. The number of alkyl halides is 1. The number of anilines is 1. The molecule has 0 N–H and O–H groups in total. The van der Waals surface area contributed by atoms with Gasteiger partial charge in [-0.1, -0.05) is 6.92 Å². The SMILES string of the molecule is CCCOc1cccnc1N1CC(C)OC(CCl)C1. The molecule has 0 bridgehead atoms. The Balaban J connectivity index is 2.15.